The van der Waals surface area contributed by atoms with Crippen molar-refractivity contribution in [3.63, 3.8) is 0 Å². The van der Waals surface area contributed by atoms with Gasteiger partial charge in [-0.3, -0.25) is 0 Å². The number of benzene rings is 4. The second-order valence-corrected chi connectivity index (χ2v) is 14.0. The maximum Gasteiger partial charge on any atom is 2.00 e. The molecule has 0 fully saturated rings. The first-order chi connectivity index (χ1) is 22.0. The zero-order valence-corrected chi connectivity index (χ0v) is 31.3. The summed E-state index contributed by atoms with van der Waals surface area (Å²) >= 11 is 10.6. The van der Waals surface area contributed by atoms with Crippen molar-refractivity contribution < 1.29 is 38.8 Å². The van der Waals surface area contributed by atoms with E-state index < -0.39 is 7.26 Å². The Morgan fingerprint density at radius 2 is 1.17 bits per heavy atom. The first kappa shape index (κ1) is 40.0. The van der Waals surface area contributed by atoms with Gasteiger partial charge >= 0.3 is 17.1 Å². The third-order valence-electron chi connectivity index (χ3n) is 6.93. The quantitative estimate of drug-likeness (QED) is 0.0361. The number of halogens is 1. The summed E-state index contributed by atoms with van der Waals surface area (Å²) in [6.45, 7) is 2.73. The van der Waals surface area contributed by atoms with Crippen LogP contribution in [-0.4, -0.2) is 55.4 Å². The van der Waals surface area contributed by atoms with Crippen LogP contribution in [0.3, 0.4) is 0 Å². The predicted molar refractivity (Wildman–Crippen MR) is 198 cm³/mol. The minimum Gasteiger partial charge on any atom is -1.00 e. The summed E-state index contributed by atoms with van der Waals surface area (Å²) in [6, 6.07) is 39.7. The van der Waals surface area contributed by atoms with E-state index in [-0.39, 0.29) is 44.4 Å². The number of hydrogen-bond donors (Lipinski definition) is 3. The van der Waals surface area contributed by atoms with Gasteiger partial charge in [0.15, 0.2) is 6.35 Å². The van der Waals surface area contributed by atoms with Gasteiger partial charge in [-0.15, -0.1) is 5.10 Å². The molecular weight excluding hydrogens is 761 g/mol. The molecule has 0 amide bonds. The molecule has 4 aromatic carbocycles. The topological polar surface area (TPSA) is 94.8 Å². The van der Waals surface area contributed by atoms with E-state index in [9.17, 15) is 0 Å². The van der Waals surface area contributed by atoms with Gasteiger partial charge in [0.25, 0.3) is 0 Å². The van der Waals surface area contributed by atoms with Crippen molar-refractivity contribution in [2.24, 2.45) is 20.4 Å². The van der Waals surface area contributed by atoms with Gasteiger partial charge in [0.05, 0.1) is 12.3 Å². The molecule has 0 unspecified atom stereocenters. The maximum atomic E-state index is 6.41. The van der Waals surface area contributed by atoms with Crippen LogP contribution in [0.25, 0.3) is 0 Å². The van der Waals surface area contributed by atoms with Crippen molar-refractivity contribution in [2.75, 3.05) is 38.9 Å². The van der Waals surface area contributed by atoms with E-state index in [0.717, 1.165) is 11.3 Å². The fourth-order valence-corrected chi connectivity index (χ4v) is 8.60. The number of hydrogen-bond acceptors (Lipinski definition) is 8. The van der Waals surface area contributed by atoms with Crippen LogP contribution in [0, 0.1) is 0 Å². The van der Waals surface area contributed by atoms with E-state index in [4.69, 9.17) is 30.0 Å². The largest absolute Gasteiger partial charge is 2.00 e. The molecule has 0 atom stereocenters. The molecule has 0 heterocycles. The standard InChI is InChI=1S/C34H38N7OPS2.BrH.Cu/c1-26(32(39-40-33(44)36-3)27-19-21-28(35-2)22-20-27)38-41-34(45)37-23-24-42-25-43(29-13-7-4-8-14-29,30-15-9-5-10-16-30)31-17-11-6-12-18-31;;/h4-22H,23-25H2,1-3H3,(H4-,35,36,37,38,39,40,41,44,45);1H;/q;;+2/p-2. The fourth-order valence-electron chi connectivity index (χ4n) is 4.63. The molecule has 4 rings (SSSR count). The van der Waals surface area contributed by atoms with Gasteiger partial charge in [0, 0.05) is 31.9 Å². The van der Waals surface area contributed by atoms with E-state index in [2.05, 4.69) is 109 Å². The van der Waals surface area contributed by atoms with Crippen LogP contribution < -0.4 is 48.8 Å². The molecular formula is C34H37BrCuN7OPS2. The summed E-state index contributed by atoms with van der Waals surface area (Å²) < 4.78 is 6.41. The molecule has 0 bridgehead atoms. The first-order valence-electron chi connectivity index (χ1n) is 14.4. The molecule has 0 saturated carbocycles. The monoisotopic (exact) mass is 796 g/mol. The summed E-state index contributed by atoms with van der Waals surface area (Å²) in [5, 5.41) is 30.3. The van der Waals surface area contributed by atoms with Crippen molar-refractivity contribution in [1.29, 1.82) is 0 Å². The van der Waals surface area contributed by atoms with Crippen LogP contribution in [0.15, 0.2) is 136 Å². The van der Waals surface area contributed by atoms with Crippen LogP contribution in [0.4, 0.5) is 5.69 Å². The Balaban J connectivity index is 0.00000384. The zero-order valence-electron chi connectivity index (χ0n) is 26.2. The fraction of sp³-hybridized carbons (Fsp3) is 0.176. The van der Waals surface area contributed by atoms with Crippen LogP contribution in [0.1, 0.15) is 12.5 Å². The maximum absolute atomic E-state index is 6.41. The van der Waals surface area contributed by atoms with Gasteiger partial charge in [0.1, 0.15) is 28.9 Å². The summed E-state index contributed by atoms with van der Waals surface area (Å²) in [4.78, 5) is 0. The Morgan fingerprint density at radius 3 is 1.64 bits per heavy atom. The second kappa shape index (κ2) is 20.9. The van der Waals surface area contributed by atoms with Gasteiger partial charge in [-0.2, -0.15) is 15.3 Å². The Morgan fingerprint density at radius 1 is 0.681 bits per heavy atom. The molecule has 13 heteroatoms. The Labute approximate surface area is 310 Å². The molecule has 8 nitrogen and oxygen atoms in total. The third kappa shape index (κ3) is 11.2. The Bertz CT molecular complexity index is 1530. The SMILES string of the molecule is CNC([S-])=NN=C(C(C)=NN=C([S-])NCCOC[P+](c1ccccc1)(c1ccccc1)c1ccccc1)c1ccc(NC)cc1.[Br-].[Cu+2]. The van der Waals surface area contributed by atoms with Crippen molar-refractivity contribution in [1.82, 2.24) is 10.6 Å². The summed E-state index contributed by atoms with van der Waals surface area (Å²) in [5.74, 6) is 0. The number of nitrogens with one attached hydrogen (secondary N) is 3. The number of ether oxygens (including phenoxy) is 1. The zero-order chi connectivity index (χ0) is 31.9. The van der Waals surface area contributed by atoms with Crippen molar-refractivity contribution in [3.8, 4) is 0 Å². The molecule has 0 aromatic heterocycles. The average molecular weight is 798 g/mol. The number of rotatable bonds is 13. The molecule has 0 saturated heterocycles. The van der Waals surface area contributed by atoms with Gasteiger partial charge in [0.2, 0.25) is 0 Å². The number of nitrogens with zero attached hydrogens (tertiary/aromatic N) is 4. The predicted octanol–water partition coefficient (Wildman–Crippen LogP) is 1.39. The van der Waals surface area contributed by atoms with E-state index in [1.807, 2.05) is 49.5 Å². The Kier molecular flexibility index (Phi) is 17.8. The van der Waals surface area contributed by atoms with Crippen molar-refractivity contribution in [2.45, 2.75) is 6.92 Å². The average Bonchev–Trinajstić information content (AvgIpc) is 3.10. The van der Waals surface area contributed by atoms with E-state index in [1.165, 1.54) is 15.9 Å². The molecule has 249 valence electrons. The summed E-state index contributed by atoms with van der Waals surface area (Å²) in [6.07, 6.45) is 0.554. The van der Waals surface area contributed by atoms with Gasteiger partial charge in [-0.05, 0) is 65.8 Å². The van der Waals surface area contributed by atoms with Crippen LogP contribution in [0.2, 0.25) is 0 Å². The van der Waals surface area contributed by atoms with Crippen molar-refractivity contribution >= 4 is 75.9 Å². The number of anilines is 1. The molecule has 1 radical (unpaired) electrons. The van der Waals surface area contributed by atoms with E-state index in [1.54, 1.807) is 14.0 Å². The Hall–Kier alpha value is -3.21. The molecule has 3 N–H and O–H groups in total. The van der Waals surface area contributed by atoms with E-state index >= 15 is 0 Å². The molecule has 0 spiro atoms. The van der Waals surface area contributed by atoms with Crippen LogP contribution in [0.5, 0.6) is 0 Å². The van der Waals surface area contributed by atoms with Gasteiger partial charge in [-0.1, -0.05) is 66.7 Å². The second-order valence-electron chi connectivity index (χ2n) is 9.80. The minimum absolute atomic E-state index is 0. The number of amidine groups is 2. The molecule has 0 aliphatic rings. The third-order valence-corrected chi connectivity index (χ3v) is 11.6. The van der Waals surface area contributed by atoms with E-state index in [0.29, 0.717) is 30.9 Å². The molecule has 0 aliphatic heterocycles. The molecule has 0 aliphatic carbocycles. The van der Waals surface area contributed by atoms with Gasteiger partial charge < -0.3 is 62.9 Å². The molecule has 47 heavy (non-hydrogen) atoms. The minimum atomic E-state index is -2.07. The normalized spacial score (nSPS) is 12.4. The smallest absolute Gasteiger partial charge is 1.00 e. The summed E-state index contributed by atoms with van der Waals surface area (Å²) in [5.41, 5.74) is 2.87. The van der Waals surface area contributed by atoms with Gasteiger partial charge in [-0.25, -0.2) is 0 Å². The summed E-state index contributed by atoms with van der Waals surface area (Å²) in [7, 11) is 1.49. The van der Waals surface area contributed by atoms with Crippen LogP contribution >= 0.6 is 7.26 Å². The molecule has 4 aromatic rings. The van der Waals surface area contributed by atoms with Crippen LogP contribution in [-0.2, 0) is 47.1 Å². The van der Waals surface area contributed by atoms with Crippen molar-refractivity contribution in [3.05, 3.63) is 121 Å². The first-order valence-corrected chi connectivity index (χ1v) is 17.2.